The van der Waals surface area contributed by atoms with Crippen LogP contribution >= 0.6 is 15.9 Å². The molecule has 0 amide bonds. The minimum absolute atomic E-state index is 0.0297. The number of hydrogen-bond donors (Lipinski definition) is 0. The van der Waals surface area contributed by atoms with Gasteiger partial charge in [0.1, 0.15) is 12.4 Å². The average molecular weight is 503 g/mol. The molecule has 0 radical (unpaired) electrons. The van der Waals surface area contributed by atoms with Crippen LogP contribution in [0.2, 0.25) is 0 Å². The Morgan fingerprint density at radius 1 is 1.31 bits per heavy atom. The number of halogens is 1. The standard InChI is InChI=1S/C25H31BrN2O4/c1-6-28-12-20(26)22(27-28)24(29)32-14-25-13-31-23(18-7-9-19(30-5)10-8-18)21(17(25)4)15(2)11-16(25)3/h7-12,16-17,21,23H,6,13-14H2,1-5H3/t16-,17-,21-,23+,25+/m0/s1. The van der Waals surface area contributed by atoms with E-state index in [4.69, 9.17) is 14.2 Å². The maximum absolute atomic E-state index is 12.8. The number of esters is 1. The minimum atomic E-state index is -0.405. The molecule has 1 aliphatic heterocycles. The Kier molecular flexibility index (Phi) is 6.50. The summed E-state index contributed by atoms with van der Waals surface area (Å²) in [5, 5.41) is 4.33. The molecule has 0 unspecified atom stereocenters. The Morgan fingerprint density at radius 3 is 2.66 bits per heavy atom. The largest absolute Gasteiger partial charge is 0.497 e. The van der Waals surface area contributed by atoms with Gasteiger partial charge < -0.3 is 14.2 Å². The predicted molar refractivity (Wildman–Crippen MR) is 126 cm³/mol. The number of fused-ring (bicyclic) bond motifs is 2. The van der Waals surface area contributed by atoms with Gasteiger partial charge in [0, 0.05) is 24.1 Å². The molecule has 1 aromatic heterocycles. The maximum atomic E-state index is 12.8. The van der Waals surface area contributed by atoms with Gasteiger partial charge in [-0.05, 0) is 59.3 Å². The number of aromatic nitrogens is 2. The quantitative estimate of drug-likeness (QED) is 0.388. The highest BCUT2D eigenvalue weighted by Crippen LogP contribution is 2.56. The number of carbonyl (C=O) groups is 1. The molecule has 6 nitrogen and oxygen atoms in total. The number of carbonyl (C=O) groups excluding carboxylic acids is 1. The van der Waals surface area contributed by atoms with Gasteiger partial charge in [-0.15, -0.1) is 0 Å². The second-order valence-corrected chi connectivity index (χ2v) is 9.86. The Hall–Kier alpha value is -2.12. The van der Waals surface area contributed by atoms with E-state index in [2.05, 4.69) is 60.0 Å². The lowest BCUT2D eigenvalue weighted by Gasteiger charge is -2.55. The topological polar surface area (TPSA) is 62.6 Å². The molecule has 2 aliphatic rings. The molecule has 1 fully saturated rings. The summed E-state index contributed by atoms with van der Waals surface area (Å²) in [4.78, 5) is 12.8. The molecule has 5 atom stereocenters. The first-order valence-electron chi connectivity index (χ1n) is 11.1. The van der Waals surface area contributed by atoms with Crippen molar-refractivity contribution >= 4 is 21.9 Å². The minimum Gasteiger partial charge on any atom is -0.497 e. The number of methoxy groups -OCH3 is 1. The van der Waals surface area contributed by atoms with Crippen LogP contribution in [0, 0.1) is 23.2 Å². The van der Waals surface area contributed by atoms with Gasteiger partial charge in [-0.1, -0.05) is 37.6 Å². The van der Waals surface area contributed by atoms with Gasteiger partial charge in [-0.3, -0.25) is 4.68 Å². The van der Waals surface area contributed by atoms with Gasteiger partial charge >= 0.3 is 5.97 Å². The van der Waals surface area contributed by atoms with Crippen LogP contribution in [0.25, 0.3) is 0 Å². The van der Waals surface area contributed by atoms with Crippen LogP contribution in [0.4, 0.5) is 0 Å². The fraction of sp³-hybridized carbons (Fsp3) is 0.520. The first-order chi connectivity index (χ1) is 15.3. The molecule has 2 bridgehead atoms. The molecule has 32 heavy (non-hydrogen) atoms. The van der Waals surface area contributed by atoms with E-state index in [9.17, 15) is 4.79 Å². The lowest BCUT2D eigenvalue weighted by atomic mass is 9.56. The van der Waals surface area contributed by atoms with Crippen molar-refractivity contribution in [2.24, 2.45) is 23.2 Å². The van der Waals surface area contributed by atoms with Crippen molar-refractivity contribution in [3.63, 3.8) is 0 Å². The van der Waals surface area contributed by atoms with E-state index in [0.29, 0.717) is 29.9 Å². The molecule has 0 saturated carbocycles. The van der Waals surface area contributed by atoms with Crippen LogP contribution < -0.4 is 4.74 Å². The molecule has 172 valence electrons. The molecule has 7 heteroatoms. The van der Waals surface area contributed by atoms with Crippen LogP contribution in [0.3, 0.4) is 0 Å². The molecular weight excluding hydrogens is 472 g/mol. The van der Waals surface area contributed by atoms with E-state index >= 15 is 0 Å². The number of aryl methyl sites for hydroxylation is 1. The summed E-state index contributed by atoms with van der Waals surface area (Å²) in [6.07, 6.45) is 4.10. The highest BCUT2D eigenvalue weighted by molar-refractivity contribution is 9.10. The van der Waals surface area contributed by atoms with Gasteiger partial charge in [0.25, 0.3) is 0 Å². The second-order valence-electron chi connectivity index (χ2n) is 9.01. The van der Waals surface area contributed by atoms with Crippen molar-refractivity contribution in [3.8, 4) is 5.75 Å². The first-order valence-corrected chi connectivity index (χ1v) is 11.9. The zero-order chi connectivity index (χ0) is 23.0. The summed E-state index contributed by atoms with van der Waals surface area (Å²) in [6, 6.07) is 8.11. The summed E-state index contributed by atoms with van der Waals surface area (Å²) in [5.41, 5.74) is 2.51. The fourth-order valence-electron chi connectivity index (χ4n) is 5.32. The third kappa shape index (κ3) is 3.90. The monoisotopic (exact) mass is 502 g/mol. The lowest BCUT2D eigenvalue weighted by molar-refractivity contribution is -0.166. The maximum Gasteiger partial charge on any atom is 0.360 e. The van der Waals surface area contributed by atoms with Crippen molar-refractivity contribution < 1.29 is 19.0 Å². The number of benzene rings is 1. The Morgan fingerprint density at radius 2 is 2.03 bits per heavy atom. The van der Waals surface area contributed by atoms with E-state index in [-0.39, 0.29) is 29.3 Å². The normalized spacial score (nSPS) is 29.4. The number of rotatable bonds is 6. The molecule has 4 rings (SSSR count). The molecule has 0 spiro atoms. The smallest absolute Gasteiger partial charge is 0.360 e. The van der Waals surface area contributed by atoms with Crippen molar-refractivity contribution in [1.29, 1.82) is 0 Å². The third-order valence-electron chi connectivity index (χ3n) is 7.40. The van der Waals surface area contributed by atoms with E-state index in [1.807, 2.05) is 19.1 Å². The van der Waals surface area contributed by atoms with Crippen LogP contribution in [0.15, 0.2) is 46.6 Å². The molecule has 1 saturated heterocycles. The van der Waals surface area contributed by atoms with Crippen LogP contribution in [-0.2, 0) is 16.0 Å². The third-order valence-corrected chi connectivity index (χ3v) is 7.98. The van der Waals surface area contributed by atoms with Gasteiger partial charge in [-0.2, -0.15) is 5.10 Å². The molecule has 0 N–H and O–H groups in total. The van der Waals surface area contributed by atoms with Crippen LogP contribution in [-0.4, -0.2) is 36.1 Å². The predicted octanol–water partition coefficient (Wildman–Crippen LogP) is 5.44. The van der Waals surface area contributed by atoms with E-state index in [0.717, 1.165) is 11.3 Å². The van der Waals surface area contributed by atoms with Gasteiger partial charge in [-0.25, -0.2) is 4.79 Å². The molecule has 1 aliphatic carbocycles. The summed E-state index contributed by atoms with van der Waals surface area (Å²) >= 11 is 3.42. The summed E-state index contributed by atoms with van der Waals surface area (Å²) < 4.78 is 20.0. The Bertz CT molecular complexity index is 1020. The molecule has 2 aromatic rings. The van der Waals surface area contributed by atoms with E-state index in [1.54, 1.807) is 18.0 Å². The molecular formula is C25H31BrN2O4. The van der Waals surface area contributed by atoms with Crippen molar-refractivity contribution in [2.45, 2.75) is 40.3 Å². The van der Waals surface area contributed by atoms with E-state index < -0.39 is 5.97 Å². The average Bonchev–Trinajstić information content (AvgIpc) is 3.17. The molecule has 1 aromatic carbocycles. The lowest BCUT2D eigenvalue weighted by Crippen LogP contribution is -2.54. The van der Waals surface area contributed by atoms with E-state index in [1.165, 1.54) is 5.57 Å². The second kappa shape index (κ2) is 9.02. The van der Waals surface area contributed by atoms with Crippen molar-refractivity contribution in [3.05, 3.63) is 57.8 Å². The Labute approximate surface area is 198 Å². The van der Waals surface area contributed by atoms with Gasteiger partial charge in [0.15, 0.2) is 5.69 Å². The number of hydrogen-bond acceptors (Lipinski definition) is 5. The summed E-state index contributed by atoms with van der Waals surface area (Å²) in [5.74, 6) is 1.17. The van der Waals surface area contributed by atoms with Crippen molar-refractivity contribution in [2.75, 3.05) is 20.3 Å². The fourth-order valence-corrected chi connectivity index (χ4v) is 5.80. The van der Waals surface area contributed by atoms with Crippen LogP contribution in [0.1, 0.15) is 49.9 Å². The number of ether oxygens (including phenoxy) is 3. The van der Waals surface area contributed by atoms with Gasteiger partial charge in [0.2, 0.25) is 0 Å². The molecule has 2 heterocycles. The highest BCUT2D eigenvalue weighted by atomic mass is 79.9. The zero-order valence-corrected chi connectivity index (χ0v) is 20.9. The van der Waals surface area contributed by atoms with Crippen molar-refractivity contribution in [1.82, 2.24) is 9.78 Å². The number of allylic oxidation sites excluding steroid dienone is 1. The SMILES string of the molecule is CCn1cc(Br)c(C(=O)OC[C@]23CO[C@H](c4ccc(OC)cc4)[C@@H](C(C)=C[C@@H]2C)[C@@H]3C)n1. The van der Waals surface area contributed by atoms with Gasteiger partial charge in [0.05, 0.1) is 24.3 Å². The zero-order valence-electron chi connectivity index (χ0n) is 19.3. The van der Waals surface area contributed by atoms with Crippen LogP contribution in [0.5, 0.6) is 5.75 Å². The highest BCUT2D eigenvalue weighted by Gasteiger charge is 2.54. The summed E-state index contributed by atoms with van der Waals surface area (Å²) in [7, 11) is 1.67. The Balaban J connectivity index is 1.56. The first kappa shape index (κ1) is 23.1. The summed E-state index contributed by atoms with van der Waals surface area (Å²) in [6.45, 7) is 10.2. The number of nitrogens with zero attached hydrogens (tertiary/aromatic N) is 2.